The molecule has 2 fully saturated rings. The lowest BCUT2D eigenvalue weighted by Crippen LogP contribution is -2.28. The van der Waals surface area contributed by atoms with Crippen molar-refractivity contribution in [1.29, 1.82) is 0 Å². The molecule has 0 unspecified atom stereocenters. The highest BCUT2D eigenvalue weighted by molar-refractivity contribution is 5.16. The van der Waals surface area contributed by atoms with Gasteiger partial charge in [-0.2, -0.15) is 0 Å². The second kappa shape index (κ2) is 6.93. The molecule has 5 nitrogen and oxygen atoms in total. The molecule has 0 radical (unpaired) electrons. The van der Waals surface area contributed by atoms with E-state index in [1.807, 2.05) is 24.5 Å². The summed E-state index contributed by atoms with van der Waals surface area (Å²) in [6.07, 6.45) is 11.6. The highest BCUT2D eigenvalue weighted by Crippen LogP contribution is 2.40. The zero-order chi connectivity index (χ0) is 16.4. The van der Waals surface area contributed by atoms with Crippen molar-refractivity contribution in [2.45, 2.75) is 45.4 Å². The summed E-state index contributed by atoms with van der Waals surface area (Å²) in [6.45, 7) is 6.53. The number of rotatable bonds is 6. The van der Waals surface area contributed by atoms with Gasteiger partial charge in [0, 0.05) is 44.1 Å². The molecule has 5 heteroatoms. The number of hydrogen-bond acceptors (Lipinski definition) is 4. The number of pyridine rings is 1. The van der Waals surface area contributed by atoms with Crippen LogP contribution in [0.5, 0.6) is 5.75 Å². The van der Waals surface area contributed by atoms with Gasteiger partial charge in [0.25, 0.3) is 0 Å². The van der Waals surface area contributed by atoms with Gasteiger partial charge in [0.2, 0.25) is 0 Å². The maximum atomic E-state index is 6.23. The maximum Gasteiger partial charge on any atom is 0.138 e. The fraction of sp³-hybridized carbons (Fsp3) is 0.579. The SMILES string of the molecule is CCCn1ccnc1CN1C[C@H]2CC[C@@H](Oc3cccnc3)[C@H]2C1. The van der Waals surface area contributed by atoms with Crippen molar-refractivity contribution in [2.24, 2.45) is 11.8 Å². The molecule has 0 N–H and O–H groups in total. The summed E-state index contributed by atoms with van der Waals surface area (Å²) in [4.78, 5) is 11.3. The molecule has 0 aromatic carbocycles. The van der Waals surface area contributed by atoms with Gasteiger partial charge in [-0.25, -0.2) is 4.98 Å². The summed E-state index contributed by atoms with van der Waals surface area (Å²) in [7, 11) is 0. The first-order chi connectivity index (χ1) is 11.8. The minimum Gasteiger partial charge on any atom is -0.488 e. The molecule has 24 heavy (non-hydrogen) atoms. The van der Waals surface area contributed by atoms with Gasteiger partial charge in [-0.3, -0.25) is 9.88 Å². The van der Waals surface area contributed by atoms with Gasteiger partial charge < -0.3 is 9.30 Å². The highest BCUT2D eigenvalue weighted by atomic mass is 16.5. The molecule has 1 saturated carbocycles. The Kier molecular flexibility index (Phi) is 4.52. The Hall–Kier alpha value is -1.88. The molecule has 1 aliphatic heterocycles. The number of ether oxygens (including phenoxy) is 1. The van der Waals surface area contributed by atoms with E-state index in [1.165, 1.54) is 25.2 Å². The van der Waals surface area contributed by atoms with E-state index >= 15 is 0 Å². The largest absolute Gasteiger partial charge is 0.488 e. The smallest absolute Gasteiger partial charge is 0.138 e. The van der Waals surface area contributed by atoms with Crippen molar-refractivity contribution in [1.82, 2.24) is 19.4 Å². The molecule has 2 aliphatic rings. The van der Waals surface area contributed by atoms with Crippen LogP contribution >= 0.6 is 0 Å². The number of aromatic nitrogens is 3. The third kappa shape index (κ3) is 3.18. The van der Waals surface area contributed by atoms with Gasteiger partial charge in [-0.1, -0.05) is 6.92 Å². The molecule has 128 valence electrons. The van der Waals surface area contributed by atoms with Crippen molar-refractivity contribution in [2.75, 3.05) is 13.1 Å². The summed E-state index contributed by atoms with van der Waals surface area (Å²) in [5.74, 6) is 3.50. The standard InChI is InChI=1S/C19H26N4O/c1-2-9-23-10-8-21-19(23)14-22-12-15-5-6-18(17(15)13-22)24-16-4-3-7-20-11-16/h3-4,7-8,10-11,15,17-18H,2,5-6,9,12-14H2,1H3/t15-,17+,18-/m1/s1. The summed E-state index contributed by atoms with van der Waals surface area (Å²) in [5.41, 5.74) is 0. The number of fused-ring (bicyclic) bond motifs is 1. The summed E-state index contributed by atoms with van der Waals surface area (Å²) < 4.78 is 8.51. The molecule has 0 amide bonds. The Morgan fingerprint density at radius 3 is 3.04 bits per heavy atom. The molecule has 0 spiro atoms. The molecule has 2 aromatic rings. The minimum atomic E-state index is 0.333. The van der Waals surface area contributed by atoms with Crippen LogP contribution in [0.2, 0.25) is 0 Å². The molecule has 0 bridgehead atoms. The van der Waals surface area contributed by atoms with E-state index in [0.29, 0.717) is 12.0 Å². The van der Waals surface area contributed by atoms with Gasteiger partial charge in [0.1, 0.15) is 17.7 Å². The summed E-state index contributed by atoms with van der Waals surface area (Å²) >= 11 is 0. The average Bonchev–Trinajstić information content (AvgIpc) is 3.28. The van der Waals surface area contributed by atoms with Gasteiger partial charge in [-0.15, -0.1) is 0 Å². The normalized spacial score (nSPS) is 26.6. The van der Waals surface area contributed by atoms with Gasteiger partial charge >= 0.3 is 0 Å². The third-order valence-electron chi connectivity index (χ3n) is 5.42. The number of aryl methyl sites for hydroxylation is 1. The third-order valence-corrected chi connectivity index (χ3v) is 5.42. The van der Waals surface area contributed by atoms with Crippen LogP contribution in [0.15, 0.2) is 36.9 Å². The monoisotopic (exact) mass is 326 g/mol. The number of likely N-dealkylation sites (tertiary alicyclic amines) is 1. The zero-order valence-electron chi connectivity index (χ0n) is 14.3. The average molecular weight is 326 g/mol. The van der Waals surface area contributed by atoms with Gasteiger partial charge in [-0.05, 0) is 37.3 Å². The summed E-state index contributed by atoms with van der Waals surface area (Å²) in [5, 5.41) is 0. The van der Waals surface area contributed by atoms with Crippen molar-refractivity contribution in [3.05, 3.63) is 42.7 Å². The van der Waals surface area contributed by atoms with Crippen LogP contribution in [-0.4, -0.2) is 38.6 Å². The van der Waals surface area contributed by atoms with E-state index < -0.39 is 0 Å². The fourth-order valence-corrected chi connectivity index (χ4v) is 4.31. The van der Waals surface area contributed by atoms with Crippen LogP contribution in [0.1, 0.15) is 32.0 Å². The van der Waals surface area contributed by atoms with E-state index in [1.54, 1.807) is 6.20 Å². The lowest BCUT2D eigenvalue weighted by atomic mass is 9.99. The quantitative estimate of drug-likeness (QED) is 0.818. The van der Waals surface area contributed by atoms with Crippen LogP contribution in [0.3, 0.4) is 0 Å². The first kappa shape index (κ1) is 15.6. The van der Waals surface area contributed by atoms with Crippen LogP contribution in [0, 0.1) is 11.8 Å². The second-order valence-electron chi connectivity index (χ2n) is 7.08. The van der Waals surface area contributed by atoms with Crippen LogP contribution in [0.25, 0.3) is 0 Å². The zero-order valence-corrected chi connectivity index (χ0v) is 14.3. The maximum absolute atomic E-state index is 6.23. The molecule has 1 saturated heterocycles. The lowest BCUT2D eigenvalue weighted by Gasteiger charge is -2.22. The van der Waals surface area contributed by atoms with Crippen molar-refractivity contribution in [3.8, 4) is 5.75 Å². The summed E-state index contributed by atoms with van der Waals surface area (Å²) in [6, 6.07) is 3.95. The molecular formula is C19H26N4O. The molecule has 3 atom stereocenters. The van der Waals surface area contributed by atoms with Gasteiger partial charge in [0.15, 0.2) is 0 Å². The van der Waals surface area contributed by atoms with E-state index in [-0.39, 0.29) is 0 Å². The predicted molar refractivity (Wildman–Crippen MR) is 92.7 cm³/mol. The number of nitrogens with zero attached hydrogens (tertiary/aromatic N) is 4. The number of hydrogen-bond donors (Lipinski definition) is 0. The second-order valence-corrected chi connectivity index (χ2v) is 7.08. The molecule has 1 aliphatic carbocycles. The van der Waals surface area contributed by atoms with Crippen molar-refractivity contribution >= 4 is 0 Å². The molecule has 3 heterocycles. The Balaban J connectivity index is 1.38. The minimum absolute atomic E-state index is 0.333. The van der Waals surface area contributed by atoms with Gasteiger partial charge in [0.05, 0.1) is 12.7 Å². The van der Waals surface area contributed by atoms with Crippen LogP contribution in [-0.2, 0) is 13.1 Å². The van der Waals surface area contributed by atoms with Crippen molar-refractivity contribution in [3.63, 3.8) is 0 Å². The Morgan fingerprint density at radius 2 is 2.21 bits per heavy atom. The Bertz CT molecular complexity index is 656. The predicted octanol–water partition coefficient (Wildman–Crippen LogP) is 2.98. The Morgan fingerprint density at radius 1 is 1.25 bits per heavy atom. The van der Waals surface area contributed by atoms with Crippen LogP contribution in [0.4, 0.5) is 0 Å². The highest BCUT2D eigenvalue weighted by Gasteiger charge is 2.44. The molecular weight excluding hydrogens is 300 g/mol. The topological polar surface area (TPSA) is 43.2 Å². The van der Waals surface area contributed by atoms with E-state index in [4.69, 9.17) is 4.74 Å². The molecule has 2 aromatic heterocycles. The lowest BCUT2D eigenvalue weighted by molar-refractivity contribution is 0.146. The first-order valence-electron chi connectivity index (χ1n) is 9.12. The Labute approximate surface area is 143 Å². The number of imidazole rings is 1. The van der Waals surface area contributed by atoms with E-state index in [0.717, 1.165) is 37.7 Å². The van der Waals surface area contributed by atoms with E-state index in [2.05, 4.69) is 32.6 Å². The van der Waals surface area contributed by atoms with Crippen LogP contribution < -0.4 is 4.74 Å². The van der Waals surface area contributed by atoms with Crippen molar-refractivity contribution < 1.29 is 4.74 Å². The fourth-order valence-electron chi connectivity index (χ4n) is 4.31. The first-order valence-corrected chi connectivity index (χ1v) is 9.12. The molecule has 4 rings (SSSR count). The van der Waals surface area contributed by atoms with E-state index in [9.17, 15) is 0 Å².